The van der Waals surface area contributed by atoms with E-state index in [4.69, 9.17) is 5.73 Å². The van der Waals surface area contributed by atoms with Gasteiger partial charge in [0.05, 0.1) is 0 Å². The molecule has 94 valence electrons. The SMILES string of the molecule is CCC1CCCCCN1C(=O)C(C)CCN. The van der Waals surface area contributed by atoms with Gasteiger partial charge in [0, 0.05) is 18.5 Å². The Morgan fingerprint density at radius 1 is 1.44 bits per heavy atom. The van der Waals surface area contributed by atoms with E-state index in [1.165, 1.54) is 19.3 Å². The van der Waals surface area contributed by atoms with Crippen molar-refractivity contribution in [3.05, 3.63) is 0 Å². The maximum atomic E-state index is 12.3. The van der Waals surface area contributed by atoms with E-state index in [-0.39, 0.29) is 5.92 Å². The second-order valence-corrected chi connectivity index (χ2v) is 4.92. The standard InChI is InChI=1S/C13H26N2O/c1-3-12-7-5-4-6-10-15(12)13(16)11(2)8-9-14/h11-12H,3-10,14H2,1-2H3. The minimum absolute atomic E-state index is 0.0946. The zero-order chi connectivity index (χ0) is 12.0. The van der Waals surface area contributed by atoms with E-state index in [0.717, 1.165) is 25.8 Å². The third kappa shape index (κ3) is 3.48. The van der Waals surface area contributed by atoms with Crippen LogP contribution in [0.25, 0.3) is 0 Å². The molecule has 1 amide bonds. The summed E-state index contributed by atoms with van der Waals surface area (Å²) < 4.78 is 0. The van der Waals surface area contributed by atoms with Crippen molar-refractivity contribution >= 4 is 5.91 Å². The van der Waals surface area contributed by atoms with Crippen LogP contribution in [0.15, 0.2) is 0 Å². The summed E-state index contributed by atoms with van der Waals surface area (Å²) in [6.07, 6.45) is 6.78. The zero-order valence-electron chi connectivity index (χ0n) is 10.7. The van der Waals surface area contributed by atoms with Gasteiger partial charge in [-0.25, -0.2) is 0 Å². The molecule has 0 aromatic heterocycles. The van der Waals surface area contributed by atoms with Crippen LogP contribution in [-0.2, 0) is 4.79 Å². The van der Waals surface area contributed by atoms with E-state index in [1.807, 2.05) is 6.92 Å². The van der Waals surface area contributed by atoms with Crippen molar-refractivity contribution in [2.45, 2.75) is 58.4 Å². The first-order chi connectivity index (χ1) is 7.70. The number of amides is 1. The molecule has 0 saturated carbocycles. The van der Waals surface area contributed by atoms with Gasteiger partial charge in [0.15, 0.2) is 0 Å². The molecule has 0 aromatic rings. The van der Waals surface area contributed by atoms with Crippen LogP contribution in [-0.4, -0.2) is 29.9 Å². The molecular formula is C13H26N2O. The number of rotatable bonds is 4. The first-order valence-corrected chi connectivity index (χ1v) is 6.71. The fraction of sp³-hybridized carbons (Fsp3) is 0.923. The van der Waals surface area contributed by atoms with Crippen LogP contribution in [0.1, 0.15) is 52.4 Å². The van der Waals surface area contributed by atoms with Crippen molar-refractivity contribution < 1.29 is 4.79 Å². The predicted molar refractivity (Wildman–Crippen MR) is 67.1 cm³/mol. The quantitative estimate of drug-likeness (QED) is 0.798. The van der Waals surface area contributed by atoms with Crippen LogP contribution in [0.5, 0.6) is 0 Å². The van der Waals surface area contributed by atoms with E-state index >= 15 is 0 Å². The summed E-state index contributed by atoms with van der Waals surface area (Å²) in [4.78, 5) is 14.4. The van der Waals surface area contributed by atoms with E-state index in [9.17, 15) is 4.79 Å². The van der Waals surface area contributed by atoms with Crippen LogP contribution >= 0.6 is 0 Å². The smallest absolute Gasteiger partial charge is 0.225 e. The van der Waals surface area contributed by atoms with Crippen LogP contribution in [0.4, 0.5) is 0 Å². The zero-order valence-corrected chi connectivity index (χ0v) is 10.7. The number of carbonyl (C=O) groups excluding carboxylic acids is 1. The number of nitrogens with zero attached hydrogens (tertiary/aromatic N) is 1. The molecule has 0 radical (unpaired) electrons. The lowest BCUT2D eigenvalue weighted by molar-refractivity contribution is -0.137. The van der Waals surface area contributed by atoms with Crippen molar-refractivity contribution in [1.82, 2.24) is 4.90 Å². The molecule has 1 saturated heterocycles. The van der Waals surface area contributed by atoms with Crippen LogP contribution in [0, 0.1) is 5.92 Å². The van der Waals surface area contributed by atoms with E-state index < -0.39 is 0 Å². The first kappa shape index (κ1) is 13.5. The first-order valence-electron chi connectivity index (χ1n) is 6.71. The molecule has 1 heterocycles. The number of hydrogen-bond donors (Lipinski definition) is 1. The maximum Gasteiger partial charge on any atom is 0.225 e. The number of carbonyl (C=O) groups is 1. The average Bonchev–Trinajstić information content (AvgIpc) is 2.53. The van der Waals surface area contributed by atoms with Crippen molar-refractivity contribution in [3.8, 4) is 0 Å². The van der Waals surface area contributed by atoms with Gasteiger partial charge in [0.2, 0.25) is 5.91 Å². The Balaban J connectivity index is 2.62. The summed E-state index contributed by atoms with van der Waals surface area (Å²) in [5.74, 6) is 0.413. The van der Waals surface area contributed by atoms with Crippen molar-refractivity contribution in [2.75, 3.05) is 13.1 Å². The molecule has 2 N–H and O–H groups in total. The van der Waals surface area contributed by atoms with Crippen LogP contribution in [0.3, 0.4) is 0 Å². The molecule has 1 fully saturated rings. The topological polar surface area (TPSA) is 46.3 Å². The fourth-order valence-electron chi connectivity index (χ4n) is 2.55. The molecule has 16 heavy (non-hydrogen) atoms. The van der Waals surface area contributed by atoms with Crippen LogP contribution in [0.2, 0.25) is 0 Å². The third-order valence-electron chi connectivity index (χ3n) is 3.65. The van der Waals surface area contributed by atoms with Crippen molar-refractivity contribution in [2.24, 2.45) is 11.7 Å². The summed E-state index contributed by atoms with van der Waals surface area (Å²) in [5, 5.41) is 0. The van der Waals surface area contributed by atoms with Gasteiger partial charge in [-0.15, -0.1) is 0 Å². The lowest BCUT2D eigenvalue weighted by Crippen LogP contribution is -2.42. The molecule has 0 aromatic carbocycles. The van der Waals surface area contributed by atoms with E-state index in [0.29, 0.717) is 18.5 Å². The molecule has 1 aliphatic rings. The summed E-state index contributed by atoms with van der Waals surface area (Å²) in [7, 11) is 0. The maximum absolute atomic E-state index is 12.3. The molecule has 2 atom stereocenters. The number of hydrogen-bond acceptors (Lipinski definition) is 2. The second-order valence-electron chi connectivity index (χ2n) is 4.92. The molecule has 0 spiro atoms. The normalized spacial score (nSPS) is 23.9. The van der Waals surface area contributed by atoms with Gasteiger partial charge in [-0.2, -0.15) is 0 Å². The highest BCUT2D eigenvalue weighted by atomic mass is 16.2. The molecule has 0 aliphatic carbocycles. The minimum atomic E-state index is 0.0946. The van der Waals surface area contributed by atoms with Gasteiger partial charge >= 0.3 is 0 Å². The summed E-state index contributed by atoms with van der Waals surface area (Å²) >= 11 is 0. The average molecular weight is 226 g/mol. The monoisotopic (exact) mass is 226 g/mol. The summed E-state index contributed by atoms with van der Waals surface area (Å²) in [6.45, 7) is 5.75. The molecule has 1 aliphatic heterocycles. The van der Waals surface area contributed by atoms with Crippen LogP contribution < -0.4 is 5.73 Å². The second kappa shape index (κ2) is 6.89. The lowest BCUT2D eigenvalue weighted by atomic mass is 10.0. The summed E-state index contributed by atoms with van der Waals surface area (Å²) in [6, 6.07) is 0.468. The Bertz CT molecular complexity index is 218. The van der Waals surface area contributed by atoms with E-state index in [1.54, 1.807) is 0 Å². The Morgan fingerprint density at radius 2 is 2.19 bits per heavy atom. The van der Waals surface area contributed by atoms with Gasteiger partial charge in [-0.1, -0.05) is 26.7 Å². The summed E-state index contributed by atoms with van der Waals surface area (Å²) in [5.41, 5.74) is 5.52. The highest BCUT2D eigenvalue weighted by molar-refractivity contribution is 5.78. The number of likely N-dealkylation sites (tertiary alicyclic amines) is 1. The molecule has 2 unspecified atom stereocenters. The fourth-order valence-corrected chi connectivity index (χ4v) is 2.55. The third-order valence-corrected chi connectivity index (χ3v) is 3.65. The van der Waals surface area contributed by atoms with E-state index in [2.05, 4.69) is 11.8 Å². The Labute approximate surface area is 99.4 Å². The van der Waals surface area contributed by atoms with Gasteiger partial charge in [0.25, 0.3) is 0 Å². The van der Waals surface area contributed by atoms with Gasteiger partial charge in [-0.05, 0) is 32.2 Å². The molecular weight excluding hydrogens is 200 g/mol. The molecule has 3 nitrogen and oxygen atoms in total. The minimum Gasteiger partial charge on any atom is -0.340 e. The molecule has 0 bridgehead atoms. The predicted octanol–water partition coefficient (Wildman–Crippen LogP) is 2.15. The van der Waals surface area contributed by atoms with Crippen molar-refractivity contribution in [1.29, 1.82) is 0 Å². The van der Waals surface area contributed by atoms with Gasteiger partial charge < -0.3 is 10.6 Å². The van der Waals surface area contributed by atoms with Crippen molar-refractivity contribution in [3.63, 3.8) is 0 Å². The Kier molecular flexibility index (Phi) is 5.81. The largest absolute Gasteiger partial charge is 0.340 e. The highest BCUT2D eigenvalue weighted by Gasteiger charge is 2.26. The molecule has 1 rings (SSSR count). The molecule has 3 heteroatoms. The van der Waals surface area contributed by atoms with Gasteiger partial charge in [0.1, 0.15) is 0 Å². The lowest BCUT2D eigenvalue weighted by Gasteiger charge is -2.31. The number of nitrogens with two attached hydrogens (primary N) is 1. The highest BCUT2D eigenvalue weighted by Crippen LogP contribution is 2.21. The Morgan fingerprint density at radius 3 is 2.81 bits per heavy atom. The van der Waals surface area contributed by atoms with Gasteiger partial charge in [-0.3, -0.25) is 4.79 Å². The Hall–Kier alpha value is -0.570.